The minimum absolute atomic E-state index is 0.0278. The average Bonchev–Trinajstić information content (AvgIpc) is 3.26. The summed E-state index contributed by atoms with van der Waals surface area (Å²) >= 11 is 0. The molecule has 8 nitrogen and oxygen atoms in total. The zero-order valence-electron chi connectivity index (χ0n) is 20.2. The number of ether oxygens (including phenoxy) is 3. The van der Waals surface area contributed by atoms with E-state index in [0.29, 0.717) is 0 Å². The molecule has 0 aromatic heterocycles. The van der Waals surface area contributed by atoms with Crippen LogP contribution in [-0.2, 0) is 48.4 Å². The molecule has 0 spiro atoms. The summed E-state index contributed by atoms with van der Waals surface area (Å²) in [5.74, 6) is -2.97. The summed E-state index contributed by atoms with van der Waals surface area (Å²) in [4.78, 5) is 52.6. The monoisotopic (exact) mass is 501 g/mol. The number of carbonyl (C=O) groups excluding carboxylic acids is 4. The molecule has 8 heteroatoms. The molecule has 0 bridgehead atoms. The molecule has 1 fully saturated rings. The van der Waals surface area contributed by atoms with Crippen molar-refractivity contribution in [1.29, 1.82) is 0 Å². The Morgan fingerprint density at radius 1 is 0.676 bits per heavy atom. The summed E-state index contributed by atoms with van der Waals surface area (Å²) in [6.45, 7) is -0.399. The number of benzene rings is 3. The molecular formula is C29H27NO7. The van der Waals surface area contributed by atoms with Crippen molar-refractivity contribution in [1.82, 2.24) is 4.90 Å². The number of hydrogen-bond acceptors (Lipinski definition) is 7. The average molecular weight is 502 g/mol. The first-order valence-electron chi connectivity index (χ1n) is 11.9. The molecular weight excluding hydrogens is 474 g/mol. The molecule has 1 aliphatic rings. The standard InChI is InChI=1S/C29H27NO7/c31-25-17-30(29(34)37-20-23-14-8-3-9-15-23)27(28(33)36-19-22-12-6-2-7-13-22)24(25)16-26(32)35-18-21-10-4-1-5-11-21/h1-15,24,27H,16-20H2/t24-,27-/m0/s1. The van der Waals surface area contributed by atoms with Crippen molar-refractivity contribution in [3.63, 3.8) is 0 Å². The van der Waals surface area contributed by atoms with Gasteiger partial charge in [0.25, 0.3) is 0 Å². The fourth-order valence-corrected chi connectivity index (χ4v) is 4.06. The third-order valence-electron chi connectivity index (χ3n) is 5.99. The zero-order valence-corrected chi connectivity index (χ0v) is 20.2. The number of Topliss-reactive ketones (excluding diaryl/α,β-unsaturated/α-hetero) is 1. The lowest BCUT2D eigenvalue weighted by Gasteiger charge is -2.24. The third kappa shape index (κ3) is 7.04. The molecule has 2 atom stereocenters. The molecule has 0 N–H and O–H groups in total. The van der Waals surface area contributed by atoms with E-state index < -0.39 is 35.8 Å². The van der Waals surface area contributed by atoms with E-state index in [1.807, 2.05) is 54.6 Å². The van der Waals surface area contributed by atoms with Crippen molar-refractivity contribution in [3.05, 3.63) is 108 Å². The Morgan fingerprint density at radius 2 is 1.14 bits per heavy atom. The first-order valence-corrected chi connectivity index (χ1v) is 11.9. The predicted octanol–water partition coefficient (Wildman–Crippen LogP) is 4.07. The lowest BCUT2D eigenvalue weighted by molar-refractivity contribution is -0.154. The van der Waals surface area contributed by atoms with E-state index >= 15 is 0 Å². The van der Waals surface area contributed by atoms with Crippen LogP contribution in [0.2, 0.25) is 0 Å². The van der Waals surface area contributed by atoms with E-state index in [1.165, 1.54) is 0 Å². The second-order valence-electron chi connectivity index (χ2n) is 8.63. The van der Waals surface area contributed by atoms with Gasteiger partial charge in [-0.1, -0.05) is 91.0 Å². The summed E-state index contributed by atoms with van der Waals surface area (Å²) in [5, 5.41) is 0. The number of amides is 1. The molecule has 1 aliphatic heterocycles. The van der Waals surface area contributed by atoms with Gasteiger partial charge in [0.15, 0.2) is 5.78 Å². The number of nitrogens with zero attached hydrogens (tertiary/aromatic N) is 1. The first-order chi connectivity index (χ1) is 18.0. The van der Waals surface area contributed by atoms with Gasteiger partial charge in [0.1, 0.15) is 25.9 Å². The van der Waals surface area contributed by atoms with Crippen LogP contribution in [0.5, 0.6) is 0 Å². The zero-order chi connectivity index (χ0) is 26.0. The lowest BCUT2D eigenvalue weighted by atomic mass is 9.95. The molecule has 1 heterocycles. The van der Waals surface area contributed by atoms with Crippen LogP contribution in [0.4, 0.5) is 4.79 Å². The van der Waals surface area contributed by atoms with Gasteiger partial charge in [-0.3, -0.25) is 14.5 Å². The lowest BCUT2D eigenvalue weighted by Crippen LogP contribution is -2.45. The number of hydrogen-bond donors (Lipinski definition) is 0. The maximum Gasteiger partial charge on any atom is 0.411 e. The minimum Gasteiger partial charge on any atom is -0.461 e. The van der Waals surface area contributed by atoms with Crippen LogP contribution < -0.4 is 0 Å². The van der Waals surface area contributed by atoms with Crippen molar-refractivity contribution < 1.29 is 33.4 Å². The Morgan fingerprint density at radius 3 is 1.65 bits per heavy atom. The fraction of sp³-hybridized carbons (Fsp3) is 0.241. The number of rotatable bonds is 9. The van der Waals surface area contributed by atoms with Crippen molar-refractivity contribution in [3.8, 4) is 0 Å². The van der Waals surface area contributed by atoms with Gasteiger partial charge in [-0.15, -0.1) is 0 Å². The highest BCUT2D eigenvalue weighted by atomic mass is 16.6. The van der Waals surface area contributed by atoms with E-state index in [0.717, 1.165) is 21.6 Å². The Balaban J connectivity index is 1.45. The van der Waals surface area contributed by atoms with Crippen molar-refractivity contribution in [2.24, 2.45) is 5.92 Å². The molecule has 190 valence electrons. The van der Waals surface area contributed by atoms with Crippen LogP contribution >= 0.6 is 0 Å². The highest BCUT2D eigenvalue weighted by Crippen LogP contribution is 2.28. The largest absolute Gasteiger partial charge is 0.461 e. The number of carbonyl (C=O) groups is 4. The van der Waals surface area contributed by atoms with E-state index in [9.17, 15) is 19.2 Å². The highest BCUT2D eigenvalue weighted by Gasteiger charge is 2.50. The number of likely N-dealkylation sites (tertiary alicyclic amines) is 1. The van der Waals surface area contributed by atoms with E-state index in [4.69, 9.17) is 14.2 Å². The summed E-state index contributed by atoms with van der Waals surface area (Å²) in [7, 11) is 0. The van der Waals surface area contributed by atoms with Crippen LogP contribution in [0.25, 0.3) is 0 Å². The second-order valence-corrected chi connectivity index (χ2v) is 8.63. The number of ketones is 1. The molecule has 0 radical (unpaired) electrons. The van der Waals surface area contributed by atoms with Gasteiger partial charge in [0, 0.05) is 0 Å². The molecule has 3 aromatic carbocycles. The molecule has 0 aliphatic carbocycles. The molecule has 0 unspecified atom stereocenters. The van der Waals surface area contributed by atoms with Gasteiger partial charge in [0.2, 0.25) is 0 Å². The fourth-order valence-electron chi connectivity index (χ4n) is 4.06. The van der Waals surface area contributed by atoms with Gasteiger partial charge in [0.05, 0.1) is 18.9 Å². The van der Waals surface area contributed by atoms with Gasteiger partial charge in [-0.2, -0.15) is 0 Å². The Bertz CT molecular complexity index is 1210. The van der Waals surface area contributed by atoms with Gasteiger partial charge < -0.3 is 14.2 Å². The summed E-state index contributed by atoms with van der Waals surface area (Å²) in [6.07, 6.45) is -1.20. The van der Waals surface area contributed by atoms with E-state index in [1.54, 1.807) is 36.4 Å². The maximum absolute atomic E-state index is 13.1. The molecule has 3 aromatic rings. The van der Waals surface area contributed by atoms with Crippen LogP contribution in [-0.4, -0.2) is 41.3 Å². The van der Waals surface area contributed by atoms with E-state index in [2.05, 4.69) is 0 Å². The summed E-state index contributed by atoms with van der Waals surface area (Å²) < 4.78 is 16.1. The van der Waals surface area contributed by atoms with Crippen LogP contribution in [0.3, 0.4) is 0 Å². The second kappa shape index (κ2) is 12.5. The summed E-state index contributed by atoms with van der Waals surface area (Å²) in [6, 6.07) is 25.9. The van der Waals surface area contributed by atoms with Crippen LogP contribution in [0.1, 0.15) is 23.1 Å². The summed E-state index contributed by atoms with van der Waals surface area (Å²) in [5.41, 5.74) is 2.29. The van der Waals surface area contributed by atoms with Crippen molar-refractivity contribution in [2.75, 3.05) is 6.54 Å². The topological polar surface area (TPSA) is 99.2 Å². The maximum atomic E-state index is 13.1. The molecule has 4 rings (SSSR count). The van der Waals surface area contributed by atoms with Crippen molar-refractivity contribution >= 4 is 23.8 Å². The Kier molecular flexibility index (Phi) is 8.65. The van der Waals surface area contributed by atoms with Crippen LogP contribution in [0, 0.1) is 5.92 Å². The molecule has 37 heavy (non-hydrogen) atoms. The van der Waals surface area contributed by atoms with Gasteiger partial charge in [-0.05, 0) is 16.7 Å². The van der Waals surface area contributed by atoms with Crippen molar-refractivity contribution in [2.45, 2.75) is 32.3 Å². The first kappa shape index (κ1) is 25.6. The predicted molar refractivity (Wildman–Crippen MR) is 133 cm³/mol. The Hall–Kier alpha value is -4.46. The molecule has 1 amide bonds. The molecule has 0 saturated carbocycles. The SMILES string of the molecule is O=C(C[C@H]1C(=O)CN(C(=O)OCc2ccccc2)[C@@H]1C(=O)OCc1ccccc1)OCc1ccccc1. The highest BCUT2D eigenvalue weighted by molar-refractivity contribution is 5.99. The quantitative estimate of drug-likeness (QED) is 0.322. The minimum atomic E-state index is -1.30. The Labute approximate surface area is 214 Å². The molecule has 1 saturated heterocycles. The van der Waals surface area contributed by atoms with Gasteiger partial charge in [-0.25, -0.2) is 9.59 Å². The van der Waals surface area contributed by atoms with Crippen LogP contribution in [0.15, 0.2) is 91.0 Å². The third-order valence-corrected chi connectivity index (χ3v) is 5.99. The smallest absolute Gasteiger partial charge is 0.411 e. The number of esters is 2. The normalized spacial score (nSPS) is 16.8. The van der Waals surface area contributed by atoms with E-state index in [-0.39, 0.29) is 32.8 Å². The van der Waals surface area contributed by atoms with Gasteiger partial charge >= 0.3 is 18.0 Å².